The third-order valence-corrected chi connectivity index (χ3v) is 2.10. The molecule has 2 N–H and O–H groups in total. The van der Waals surface area contributed by atoms with E-state index >= 15 is 0 Å². The fraction of sp³-hybridized carbons (Fsp3) is 0.333. The molecule has 0 unspecified atom stereocenters. The van der Waals surface area contributed by atoms with Gasteiger partial charge in [-0.05, 0) is 0 Å². The van der Waals surface area contributed by atoms with Gasteiger partial charge < -0.3 is 14.9 Å². The van der Waals surface area contributed by atoms with Crippen LogP contribution in [-0.2, 0) is 17.1 Å². The van der Waals surface area contributed by atoms with Crippen molar-refractivity contribution < 1.29 is 32.9 Å². The minimum Gasteiger partial charge on any atom is -0.503 e. The maximum absolute atomic E-state index is 12.1. The van der Waals surface area contributed by atoms with E-state index < -0.39 is 35.8 Å². The number of hydrogen-bond donors (Lipinski definition) is 2. The molecule has 1 aromatic heterocycles. The van der Waals surface area contributed by atoms with Gasteiger partial charge in [0.05, 0.1) is 12.3 Å². The van der Waals surface area contributed by atoms with Crippen LogP contribution >= 0.6 is 11.6 Å². The number of carboxylic acids is 1. The fourth-order valence-electron chi connectivity index (χ4n) is 1.17. The van der Waals surface area contributed by atoms with Crippen molar-refractivity contribution >= 4 is 17.6 Å². The van der Waals surface area contributed by atoms with E-state index in [-0.39, 0.29) is 11.6 Å². The molecule has 0 amide bonds. The predicted octanol–water partition coefficient (Wildman–Crippen LogP) is 2.05. The van der Waals surface area contributed by atoms with Crippen molar-refractivity contribution in [2.45, 2.75) is 18.7 Å². The zero-order chi connectivity index (χ0) is 13.9. The maximum atomic E-state index is 12.1. The van der Waals surface area contributed by atoms with Crippen LogP contribution in [0.2, 0.25) is 0 Å². The molecule has 100 valence electrons. The van der Waals surface area contributed by atoms with Crippen LogP contribution in [0.5, 0.6) is 11.5 Å². The first kappa shape index (κ1) is 14.4. The third-order valence-electron chi connectivity index (χ3n) is 1.84. The van der Waals surface area contributed by atoms with Crippen molar-refractivity contribution in [1.82, 2.24) is 4.98 Å². The Bertz CT molecular complexity index is 464. The molecule has 0 radical (unpaired) electrons. The van der Waals surface area contributed by atoms with Gasteiger partial charge in [0.1, 0.15) is 5.69 Å². The van der Waals surface area contributed by atoms with E-state index in [0.717, 1.165) is 6.20 Å². The van der Waals surface area contributed by atoms with E-state index in [4.69, 9.17) is 16.7 Å². The highest BCUT2D eigenvalue weighted by Gasteiger charge is 2.34. The summed E-state index contributed by atoms with van der Waals surface area (Å²) in [7, 11) is 0. The third kappa shape index (κ3) is 3.66. The first-order valence-corrected chi connectivity index (χ1v) is 5.01. The van der Waals surface area contributed by atoms with Gasteiger partial charge in [-0.25, -0.2) is 0 Å². The summed E-state index contributed by atoms with van der Waals surface area (Å²) < 4.78 is 40.0. The molecule has 0 aromatic carbocycles. The van der Waals surface area contributed by atoms with Crippen molar-refractivity contribution in [1.29, 1.82) is 0 Å². The number of rotatable bonds is 4. The van der Waals surface area contributed by atoms with Gasteiger partial charge in [-0.2, -0.15) is 0 Å². The minimum atomic E-state index is -5.06. The van der Waals surface area contributed by atoms with Gasteiger partial charge in [-0.1, -0.05) is 0 Å². The lowest BCUT2D eigenvalue weighted by molar-refractivity contribution is -0.275. The quantitative estimate of drug-likeness (QED) is 0.828. The summed E-state index contributed by atoms with van der Waals surface area (Å²) in [5, 5.41) is 18.0. The van der Waals surface area contributed by atoms with Gasteiger partial charge in [0, 0.05) is 11.8 Å². The number of hydrogen-bond acceptors (Lipinski definition) is 4. The van der Waals surface area contributed by atoms with Crippen LogP contribution in [-0.4, -0.2) is 27.5 Å². The summed E-state index contributed by atoms with van der Waals surface area (Å²) in [5.74, 6) is -3.63. The van der Waals surface area contributed by atoms with Gasteiger partial charge in [0.2, 0.25) is 0 Å². The molecule has 0 saturated carbocycles. The Morgan fingerprint density at radius 1 is 1.50 bits per heavy atom. The number of alkyl halides is 4. The predicted molar refractivity (Wildman–Crippen MR) is 53.5 cm³/mol. The van der Waals surface area contributed by atoms with Crippen LogP contribution in [0, 0.1) is 0 Å². The number of aliphatic carboxylic acids is 1. The normalized spacial score (nSPS) is 11.3. The van der Waals surface area contributed by atoms with Gasteiger partial charge in [0.25, 0.3) is 0 Å². The van der Waals surface area contributed by atoms with Crippen LogP contribution in [0.25, 0.3) is 0 Å². The van der Waals surface area contributed by atoms with E-state index in [1.54, 1.807) is 0 Å². The van der Waals surface area contributed by atoms with Crippen LogP contribution in [0.15, 0.2) is 6.20 Å². The first-order chi connectivity index (χ1) is 8.24. The standard InChI is InChI=1S/C9H7ClF3NO4/c10-2-5-7(17)8(18-9(11,12)13)4(3-14-5)1-6(15)16/h3,17H,1-2H2,(H,15,16). The minimum absolute atomic E-state index is 0.231. The molecule has 0 saturated heterocycles. The number of nitrogens with zero attached hydrogens (tertiary/aromatic N) is 1. The number of carbonyl (C=O) groups is 1. The van der Waals surface area contributed by atoms with Gasteiger partial charge >= 0.3 is 12.3 Å². The summed E-state index contributed by atoms with van der Waals surface area (Å²) in [4.78, 5) is 14.0. The zero-order valence-electron chi connectivity index (χ0n) is 8.66. The molecule has 0 fully saturated rings. The van der Waals surface area contributed by atoms with E-state index in [9.17, 15) is 23.1 Å². The summed E-state index contributed by atoms with van der Waals surface area (Å²) in [5.41, 5.74) is -0.628. The van der Waals surface area contributed by atoms with Crippen LogP contribution < -0.4 is 4.74 Å². The average Bonchev–Trinajstić information content (AvgIpc) is 2.21. The smallest absolute Gasteiger partial charge is 0.503 e. The van der Waals surface area contributed by atoms with Crippen LogP contribution in [0.4, 0.5) is 13.2 Å². The molecule has 0 spiro atoms. The molecule has 0 atom stereocenters. The van der Waals surface area contributed by atoms with Gasteiger partial charge in [-0.15, -0.1) is 24.8 Å². The number of pyridine rings is 1. The molecule has 5 nitrogen and oxygen atoms in total. The van der Waals surface area contributed by atoms with Crippen LogP contribution in [0.1, 0.15) is 11.3 Å². The van der Waals surface area contributed by atoms with Crippen molar-refractivity contribution in [3.05, 3.63) is 17.5 Å². The zero-order valence-corrected chi connectivity index (χ0v) is 9.42. The molecule has 0 aliphatic carbocycles. The number of halogens is 4. The Balaban J connectivity index is 3.26. The number of carboxylic acid groups (broad SMARTS) is 1. The van der Waals surface area contributed by atoms with Crippen molar-refractivity contribution in [3.8, 4) is 11.5 Å². The van der Waals surface area contributed by atoms with Crippen LogP contribution in [0.3, 0.4) is 0 Å². The highest BCUT2D eigenvalue weighted by atomic mass is 35.5. The molecule has 0 bridgehead atoms. The topological polar surface area (TPSA) is 79.7 Å². The molecule has 9 heteroatoms. The largest absolute Gasteiger partial charge is 0.573 e. The lowest BCUT2D eigenvalue weighted by Gasteiger charge is -2.14. The second kappa shape index (κ2) is 5.30. The fourth-order valence-corrected chi connectivity index (χ4v) is 1.37. The number of ether oxygens (including phenoxy) is 1. The Kier molecular flexibility index (Phi) is 4.23. The van der Waals surface area contributed by atoms with E-state index in [0.29, 0.717) is 0 Å². The summed E-state index contributed by atoms with van der Waals surface area (Å²) in [6.45, 7) is 0. The molecule has 1 heterocycles. The molecule has 0 aliphatic rings. The molecule has 0 aliphatic heterocycles. The van der Waals surface area contributed by atoms with Gasteiger partial charge in [-0.3, -0.25) is 9.78 Å². The summed E-state index contributed by atoms with van der Waals surface area (Å²) >= 11 is 5.36. The maximum Gasteiger partial charge on any atom is 0.573 e. The molecule has 1 aromatic rings. The SMILES string of the molecule is O=C(O)Cc1cnc(CCl)c(O)c1OC(F)(F)F. The molecular weight excluding hydrogens is 279 g/mol. The Labute approximate surface area is 104 Å². The lowest BCUT2D eigenvalue weighted by atomic mass is 10.1. The Morgan fingerprint density at radius 3 is 2.56 bits per heavy atom. The average molecular weight is 286 g/mol. The molecule has 18 heavy (non-hydrogen) atoms. The number of aromatic nitrogens is 1. The van der Waals surface area contributed by atoms with E-state index in [2.05, 4.69) is 9.72 Å². The Hall–Kier alpha value is -1.70. The van der Waals surface area contributed by atoms with Gasteiger partial charge in [0.15, 0.2) is 11.5 Å². The summed E-state index contributed by atoms with van der Waals surface area (Å²) in [6, 6.07) is 0. The monoisotopic (exact) mass is 285 g/mol. The second-order valence-electron chi connectivity index (χ2n) is 3.16. The molecule has 1 rings (SSSR count). The summed E-state index contributed by atoms with van der Waals surface area (Å²) in [6.07, 6.45) is -4.96. The van der Waals surface area contributed by atoms with Crippen molar-refractivity contribution in [2.24, 2.45) is 0 Å². The molecular formula is C9H7ClF3NO4. The lowest BCUT2D eigenvalue weighted by Crippen LogP contribution is -2.19. The highest BCUT2D eigenvalue weighted by Crippen LogP contribution is 2.37. The Morgan fingerprint density at radius 2 is 2.11 bits per heavy atom. The number of aromatic hydroxyl groups is 1. The van der Waals surface area contributed by atoms with Crippen molar-refractivity contribution in [3.63, 3.8) is 0 Å². The first-order valence-electron chi connectivity index (χ1n) is 4.47. The van der Waals surface area contributed by atoms with E-state index in [1.165, 1.54) is 0 Å². The highest BCUT2D eigenvalue weighted by molar-refractivity contribution is 6.17. The van der Waals surface area contributed by atoms with E-state index in [1.807, 2.05) is 0 Å². The second-order valence-corrected chi connectivity index (χ2v) is 3.43. The van der Waals surface area contributed by atoms with Crippen molar-refractivity contribution in [2.75, 3.05) is 0 Å².